The summed E-state index contributed by atoms with van der Waals surface area (Å²) in [6.07, 6.45) is 3.09. The number of carbonyl (C=O) groups excluding carboxylic acids is 2. The maximum Gasteiger partial charge on any atom is 0.253 e. The molecule has 0 radical (unpaired) electrons. The number of carbonyl (C=O) groups is 2. The summed E-state index contributed by atoms with van der Waals surface area (Å²) in [6, 6.07) is 6.87. The van der Waals surface area contributed by atoms with Crippen LogP contribution in [0.1, 0.15) is 29.6 Å². The molecule has 1 aliphatic rings. The number of amides is 2. The highest BCUT2D eigenvalue weighted by molar-refractivity contribution is 5.97. The van der Waals surface area contributed by atoms with E-state index in [2.05, 4.69) is 10.6 Å². The van der Waals surface area contributed by atoms with Crippen molar-refractivity contribution in [3.05, 3.63) is 29.8 Å². The van der Waals surface area contributed by atoms with Gasteiger partial charge in [-0.25, -0.2) is 0 Å². The molecule has 0 spiro atoms. The summed E-state index contributed by atoms with van der Waals surface area (Å²) in [7, 11) is 3.43. The lowest BCUT2D eigenvalue weighted by Crippen LogP contribution is -2.43. The molecule has 2 amide bonds. The highest BCUT2D eigenvalue weighted by Gasteiger charge is 2.20. The second-order valence-electron chi connectivity index (χ2n) is 5.27. The van der Waals surface area contributed by atoms with Crippen molar-refractivity contribution in [1.29, 1.82) is 0 Å². The van der Waals surface area contributed by atoms with Gasteiger partial charge >= 0.3 is 0 Å². The van der Waals surface area contributed by atoms with Crippen molar-refractivity contribution in [3.8, 4) is 0 Å². The van der Waals surface area contributed by atoms with Gasteiger partial charge in [0.05, 0.1) is 6.04 Å². The van der Waals surface area contributed by atoms with E-state index in [0.29, 0.717) is 5.56 Å². The van der Waals surface area contributed by atoms with Crippen molar-refractivity contribution in [2.75, 3.05) is 26.0 Å². The molecule has 1 fully saturated rings. The lowest BCUT2D eigenvalue weighted by molar-refractivity contribution is -0.118. The zero-order chi connectivity index (χ0) is 14.5. The van der Waals surface area contributed by atoms with Crippen molar-refractivity contribution < 1.29 is 9.59 Å². The molecule has 1 aromatic carbocycles. The van der Waals surface area contributed by atoms with Crippen LogP contribution in [0.2, 0.25) is 0 Å². The first kappa shape index (κ1) is 17.5. The SMILES string of the molecule is CN(C)C(=O)c1ccc(NC(=O)C2CCCCN2)cc1.Cl. The largest absolute Gasteiger partial charge is 0.345 e. The number of nitrogens with one attached hydrogen (secondary N) is 2. The van der Waals surface area contributed by atoms with Gasteiger partial charge in [-0.3, -0.25) is 9.59 Å². The Bertz CT molecular complexity index is 482. The minimum Gasteiger partial charge on any atom is -0.345 e. The van der Waals surface area contributed by atoms with Crippen LogP contribution in [-0.4, -0.2) is 43.4 Å². The van der Waals surface area contributed by atoms with Crippen LogP contribution in [0, 0.1) is 0 Å². The number of hydrogen-bond acceptors (Lipinski definition) is 3. The van der Waals surface area contributed by atoms with E-state index >= 15 is 0 Å². The molecule has 2 N–H and O–H groups in total. The van der Waals surface area contributed by atoms with Gasteiger partial charge in [0, 0.05) is 25.3 Å². The Morgan fingerprint density at radius 1 is 1.19 bits per heavy atom. The number of halogens is 1. The highest BCUT2D eigenvalue weighted by Crippen LogP contribution is 2.13. The fourth-order valence-corrected chi connectivity index (χ4v) is 2.26. The van der Waals surface area contributed by atoms with Gasteiger partial charge < -0.3 is 15.5 Å². The summed E-state index contributed by atoms with van der Waals surface area (Å²) < 4.78 is 0. The molecular formula is C15H22ClN3O2. The number of nitrogens with zero attached hydrogens (tertiary/aromatic N) is 1. The topological polar surface area (TPSA) is 61.4 Å². The smallest absolute Gasteiger partial charge is 0.253 e. The van der Waals surface area contributed by atoms with E-state index in [1.165, 1.54) is 4.90 Å². The molecule has 0 aromatic heterocycles. The molecule has 116 valence electrons. The molecule has 5 nitrogen and oxygen atoms in total. The van der Waals surface area contributed by atoms with E-state index in [9.17, 15) is 9.59 Å². The lowest BCUT2D eigenvalue weighted by atomic mass is 10.0. The van der Waals surface area contributed by atoms with Crippen molar-refractivity contribution >= 4 is 29.9 Å². The molecule has 1 heterocycles. The van der Waals surface area contributed by atoms with E-state index in [1.54, 1.807) is 38.4 Å². The zero-order valence-corrected chi connectivity index (χ0v) is 13.2. The normalized spacial score (nSPS) is 17.5. The fourth-order valence-electron chi connectivity index (χ4n) is 2.26. The van der Waals surface area contributed by atoms with Gasteiger partial charge in [0.25, 0.3) is 5.91 Å². The quantitative estimate of drug-likeness (QED) is 0.896. The van der Waals surface area contributed by atoms with E-state index in [-0.39, 0.29) is 30.3 Å². The van der Waals surface area contributed by atoms with Gasteiger partial charge in [-0.05, 0) is 43.7 Å². The van der Waals surface area contributed by atoms with Crippen LogP contribution in [0.4, 0.5) is 5.69 Å². The molecule has 1 saturated heterocycles. The summed E-state index contributed by atoms with van der Waals surface area (Å²) >= 11 is 0. The maximum atomic E-state index is 12.0. The molecule has 0 saturated carbocycles. The third-order valence-corrected chi connectivity index (χ3v) is 3.43. The molecule has 6 heteroatoms. The average Bonchev–Trinajstić information content (AvgIpc) is 2.48. The molecule has 1 atom stereocenters. The van der Waals surface area contributed by atoms with Crippen LogP contribution in [0.3, 0.4) is 0 Å². The first-order valence-corrected chi connectivity index (χ1v) is 6.94. The van der Waals surface area contributed by atoms with Gasteiger partial charge in [0.15, 0.2) is 0 Å². The van der Waals surface area contributed by atoms with Crippen LogP contribution in [0.25, 0.3) is 0 Å². The van der Waals surface area contributed by atoms with Crippen LogP contribution < -0.4 is 10.6 Å². The fraction of sp³-hybridized carbons (Fsp3) is 0.467. The summed E-state index contributed by atoms with van der Waals surface area (Å²) in [5, 5.41) is 6.09. The predicted octanol–water partition coefficient (Wildman–Crippen LogP) is 1.89. The Labute approximate surface area is 131 Å². The second-order valence-corrected chi connectivity index (χ2v) is 5.27. The van der Waals surface area contributed by atoms with Gasteiger partial charge in [-0.1, -0.05) is 6.42 Å². The molecule has 1 aromatic rings. The zero-order valence-electron chi connectivity index (χ0n) is 12.4. The van der Waals surface area contributed by atoms with Gasteiger partial charge in [-0.2, -0.15) is 0 Å². The van der Waals surface area contributed by atoms with E-state index in [1.807, 2.05) is 0 Å². The van der Waals surface area contributed by atoms with Crippen molar-refractivity contribution in [2.24, 2.45) is 0 Å². The number of hydrogen-bond donors (Lipinski definition) is 2. The molecule has 1 unspecified atom stereocenters. The Balaban J connectivity index is 0.00000220. The number of benzene rings is 1. The van der Waals surface area contributed by atoms with E-state index < -0.39 is 0 Å². The molecule has 0 aliphatic carbocycles. The predicted molar refractivity (Wildman–Crippen MR) is 86.0 cm³/mol. The van der Waals surface area contributed by atoms with E-state index in [4.69, 9.17) is 0 Å². The minimum absolute atomic E-state index is 0. The van der Waals surface area contributed by atoms with Crippen molar-refractivity contribution in [3.63, 3.8) is 0 Å². The average molecular weight is 312 g/mol. The summed E-state index contributed by atoms with van der Waals surface area (Å²) in [4.78, 5) is 25.3. The van der Waals surface area contributed by atoms with Gasteiger partial charge in [0.2, 0.25) is 5.91 Å². The highest BCUT2D eigenvalue weighted by atomic mass is 35.5. The molecule has 2 rings (SSSR count). The minimum atomic E-state index is -0.105. The number of rotatable bonds is 3. The Morgan fingerprint density at radius 2 is 1.86 bits per heavy atom. The third-order valence-electron chi connectivity index (χ3n) is 3.43. The number of anilines is 1. The molecule has 1 aliphatic heterocycles. The Kier molecular flexibility index (Phi) is 6.65. The van der Waals surface area contributed by atoms with Crippen LogP contribution in [0.5, 0.6) is 0 Å². The van der Waals surface area contributed by atoms with Crippen molar-refractivity contribution in [2.45, 2.75) is 25.3 Å². The standard InChI is InChI=1S/C15H21N3O2.ClH/c1-18(2)15(20)11-6-8-12(9-7-11)17-14(19)13-5-3-4-10-16-13;/h6-9,13,16H,3-5,10H2,1-2H3,(H,17,19);1H. The van der Waals surface area contributed by atoms with Crippen molar-refractivity contribution in [1.82, 2.24) is 10.2 Å². The summed E-state index contributed by atoms with van der Waals surface area (Å²) in [5.41, 5.74) is 1.33. The van der Waals surface area contributed by atoms with Crippen LogP contribution in [0.15, 0.2) is 24.3 Å². The van der Waals surface area contributed by atoms with Gasteiger partial charge in [-0.15, -0.1) is 12.4 Å². The van der Waals surface area contributed by atoms with E-state index in [0.717, 1.165) is 31.5 Å². The first-order chi connectivity index (χ1) is 9.58. The van der Waals surface area contributed by atoms with Crippen LogP contribution >= 0.6 is 12.4 Å². The maximum absolute atomic E-state index is 12.0. The summed E-state index contributed by atoms with van der Waals surface area (Å²) in [6.45, 7) is 0.897. The summed E-state index contributed by atoms with van der Waals surface area (Å²) in [5.74, 6) is -0.0480. The van der Waals surface area contributed by atoms with Gasteiger partial charge in [0.1, 0.15) is 0 Å². The first-order valence-electron chi connectivity index (χ1n) is 6.94. The number of piperidine rings is 1. The lowest BCUT2D eigenvalue weighted by Gasteiger charge is -2.22. The Hall–Kier alpha value is -1.59. The molecule has 0 bridgehead atoms. The molecular weight excluding hydrogens is 290 g/mol. The second kappa shape index (κ2) is 8.00. The van der Waals surface area contributed by atoms with Crippen LogP contribution in [-0.2, 0) is 4.79 Å². The Morgan fingerprint density at radius 3 is 2.38 bits per heavy atom. The third kappa shape index (κ3) is 4.72. The molecule has 21 heavy (non-hydrogen) atoms. The monoisotopic (exact) mass is 311 g/mol.